The van der Waals surface area contributed by atoms with Crippen molar-refractivity contribution in [2.75, 3.05) is 0 Å². The monoisotopic (exact) mass is 400 g/mol. The molecule has 0 unspecified atom stereocenters. The van der Waals surface area contributed by atoms with Crippen molar-refractivity contribution in [1.82, 2.24) is 25.6 Å². The molecule has 1 amide bonds. The first-order chi connectivity index (χ1) is 12.1. The number of phenolic OH excluding ortho intramolecular Hbond substituents is 1. The van der Waals surface area contributed by atoms with Crippen LogP contribution in [0, 0.1) is 0 Å². The molecule has 0 atom stereocenters. The molecule has 0 saturated heterocycles. The average Bonchev–Trinajstić information content (AvgIpc) is 3.07. The van der Waals surface area contributed by atoms with E-state index in [-0.39, 0.29) is 12.3 Å². The highest BCUT2D eigenvalue weighted by Gasteiger charge is 2.08. The van der Waals surface area contributed by atoms with Crippen LogP contribution in [0.2, 0.25) is 0 Å². The van der Waals surface area contributed by atoms with Gasteiger partial charge in [-0.1, -0.05) is 46.3 Å². The number of amides is 1. The molecule has 2 aromatic carbocycles. The van der Waals surface area contributed by atoms with E-state index in [1.807, 2.05) is 30.3 Å². The van der Waals surface area contributed by atoms with Gasteiger partial charge in [-0.25, -0.2) is 5.43 Å². The zero-order chi connectivity index (χ0) is 17.6. The van der Waals surface area contributed by atoms with Crippen molar-refractivity contribution in [2.45, 2.75) is 6.54 Å². The normalized spacial score (nSPS) is 10.9. The van der Waals surface area contributed by atoms with Crippen molar-refractivity contribution in [3.05, 3.63) is 58.6 Å². The summed E-state index contributed by atoms with van der Waals surface area (Å²) in [5.74, 6) is 0.0883. The van der Waals surface area contributed by atoms with Gasteiger partial charge in [-0.2, -0.15) is 9.90 Å². The third-order valence-electron chi connectivity index (χ3n) is 3.15. The van der Waals surface area contributed by atoms with Crippen LogP contribution in [0.15, 0.2) is 58.1 Å². The third-order valence-corrected chi connectivity index (χ3v) is 3.65. The SMILES string of the molecule is O=C(Cn1nnc(-c2ccccc2)n1)N/N=C\c1cc(Br)ccc1O. The Morgan fingerprint density at radius 1 is 1.28 bits per heavy atom. The van der Waals surface area contributed by atoms with Crippen molar-refractivity contribution in [1.29, 1.82) is 0 Å². The van der Waals surface area contributed by atoms with Crippen LogP contribution in [-0.4, -0.2) is 37.4 Å². The molecule has 25 heavy (non-hydrogen) atoms. The standard InChI is InChI=1S/C16H13BrN6O2/c17-13-6-7-14(24)12(8-13)9-18-19-15(25)10-23-21-16(20-22-23)11-4-2-1-3-5-11/h1-9,24H,10H2,(H,19,25)/b18-9-. The van der Waals surface area contributed by atoms with Gasteiger partial charge in [0, 0.05) is 15.6 Å². The largest absolute Gasteiger partial charge is 0.507 e. The van der Waals surface area contributed by atoms with Crippen molar-refractivity contribution >= 4 is 28.1 Å². The van der Waals surface area contributed by atoms with E-state index >= 15 is 0 Å². The van der Waals surface area contributed by atoms with Gasteiger partial charge in [-0.3, -0.25) is 4.79 Å². The van der Waals surface area contributed by atoms with Gasteiger partial charge in [0.25, 0.3) is 5.91 Å². The summed E-state index contributed by atoms with van der Waals surface area (Å²) in [6, 6.07) is 14.2. The van der Waals surface area contributed by atoms with E-state index in [2.05, 4.69) is 41.9 Å². The summed E-state index contributed by atoms with van der Waals surface area (Å²) in [5.41, 5.74) is 3.64. The fraction of sp³-hybridized carbons (Fsp3) is 0.0625. The molecule has 1 aromatic heterocycles. The Balaban J connectivity index is 1.59. The van der Waals surface area contributed by atoms with Crippen molar-refractivity contribution in [3.8, 4) is 17.1 Å². The number of carbonyl (C=O) groups excluding carboxylic acids is 1. The minimum Gasteiger partial charge on any atom is -0.507 e. The van der Waals surface area contributed by atoms with Gasteiger partial charge in [-0.15, -0.1) is 10.2 Å². The number of benzene rings is 2. The second-order valence-corrected chi connectivity index (χ2v) is 5.92. The van der Waals surface area contributed by atoms with Gasteiger partial charge in [-0.05, 0) is 23.4 Å². The maximum Gasteiger partial charge on any atom is 0.263 e. The molecule has 3 aromatic rings. The molecule has 0 fully saturated rings. The van der Waals surface area contributed by atoms with Crippen LogP contribution in [0.3, 0.4) is 0 Å². The Bertz CT molecular complexity index is 910. The highest BCUT2D eigenvalue weighted by atomic mass is 79.9. The fourth-order valence-electron chi connectivity index (χ4n) is 1.98. The predicted octanol–water partition coefficient (Wildman–Crippen LogP) is 1.96. The molecular weight excluding hydrogens is 388 g/mol. The van der Waals surface area contributed by atoms with E-state index < -0.39 is 5.91 Å². The van der Waals surface area contributed by atoms with E-state index in [4.69, 9.17) is 0 Å². The van der Waals surface area contributed by atoms with Crippen molar-refractivity contribution < 1.29 is 9.90 Å². The minimum absolute atomic E-state index is 0.0617. The summed E-state index contributed by atoms with van der Waals surface area (Å²) in [5, 5.41) is 25.4. The van der Waals surface area contributed by atoms with Gasteiger partial charge in [0.15, 0.2) is 0 Å². The Kier molecular flexibility index (Phi) is 5.14. The smallest absolute Gasteiger partial charge is 0.263 e. The second kappa shape index (κ2) is 7.67. The summed E-state index contributed by atoms with van der Waals surface area (Å²) < 4.78 is 0.790. The predicted molar refractivity (Wildman–Crippen MR) is 94.8 cm³/mol. The zero-order valence-corrected chi connectivity index (χ0v) is 14.5. The van der Waals surface area contributed by atoms with Gasteiger partial charge >= 0.3 is 0 Å². The van der Waals surface area contributed by atoms with Gasteiger partial charge in [0.2, 0.25) is 5.82 Å². The number of rotatable bonds is 5. The number of hydrogen-bond acceptors (Lipinski definition) is 6. The molecule has 0 saturated carbocycles. The lowest BCUT2D eigenvalue weighted by atomic mass is 10.2. The molecule has 0 aliphatic carbocycles. The first-order valence-electron chi connectivity index (χ1n) is 7.25. The Hall–Kier alpha value is -3.07. The van der Waals surface area contributed by atoms with E-state index in [9.17, 15) is 9.90 Å². The molecule has 0 spiro atoms. The molecule has 0 bridgehead atoms. The quantitative estimate of drug-likeness (QED) is 0.502. The topological polar surface area (TPSA) is 105 Å². The highest BCUT2D eigenvalue weighted by molar-refractivity contribution is 9.10. The van der Waals surface area contributed by atoms with Crippen LogP contribution in [0.25, 0.3) is 11.4 Å². The summed E-state index contributed by atoms with van der Waals surface area (Å²) >= 11 is 3.30. The Labute approximate surface area is 151 Å². The molecule has 0 aliphatic rings. The lowest BCUT2D eigenvalue weighted by Crippen LogP contribution is -2.24. The lowest BCUT2D eigenvalue weighted by Gasteiger charge is -2.00. The number of carbonyl (C=O) groups is 1. The van der Waals surface area contributed by atoms with E-state index in [1.54, 1.807) is 12.1 Å². The number of tetrazole rings is 1. The molecule has 3 rings (SSSR count). The van der Waals surface area contributed by atoms with E-state index in [0.29, 0.717) is 11.4 Å². The maximum absolute atomic E-state index is 11.9. The van der Waals surface area contributed by atoms with E-state index in [1.165, 1.54) is 17.1 Å². The van der Waals surface area contributed by atoms with Crippen LogP contribution >= 0.6 is 15.9 Å². The molecule has 2 N–H and O–H groups in total. The molecule has 1 heterocycles. The first-order valence-corrected chi connectivity index (χ1v) is 8.05. The molecule has 126 valence electrons. The van der Waals surface area contributed by atoms with Gasteiger partial charge in [0.1, 0.15) is 12.3 Å². The third kappa shape index (κ3) is 4.48. The van der Waals surface area contributed by atoms with Gasteiger partial charge < -0.3 is 5.11 Å². The summed E-state index contributed by atoms with van der Waals surface area (Å²) in [7, 11) is 0. The lowest BCUT2D eigenvalue weighted by molar-refractivity contribution is -0.122. The average molecular weight is 401 g/mol. The number of hydrogen-bond donors (Lipinski definition) is 2. The number of aromatic nitrogens is 4. The van der Waals surface area contributed by atoms with Crippen molar-refractivity contribution in [2.24, 2.45) is 5.10 Å². The zero-order valence-electron chi connectivity index (χ0n) is 12.9. The van der Waals surface area contributed by atoms with Crippen LogP contribution in [0.4, 0.5) is 0 Å². The molecular formula is C16H13BrN6O2. The Morgan fingerprint density at radius 3 is 2.88 bits per heavy atom. The summed E-state index contributed by atoms with van der Waals surface area (Å²) in [6.07, 6.45) is 1.35. The van der Waals surface area contributed by atoms with Crippen LogP contribution in [-0.2, 0) is 11.3 Å². The number of aromatic hydroxyl groups is 1. The first kappa shape index (κ1) is 16.8. The maximum atomic E-state index is 11.9. The molecule has 9 heteroatoms. The van der Waals surface area contributed by atoms with Crippen LogP contribution < -0.4 is 5.43 Å². The Morgan fingerprint density at radius 2 is 2.08 bits per heavy atom. The number of nitrogens with one attached hydrogen (secondary N) is 1. The van der Waals surface area contributed by atoms with Gasteiger partial charge in [0.05, 0.1) is 6.21 Å². The van der Waals surface area contributed by atoms with Crippen molar-refractivity contribution in [3.63, 3.8) is 0 Å². The van der Waals surface area contributed by atoms with E-state index in [0.717, 1.165) is 10.0 Å². The van der Waals surface area contributed by atoms with Crippen LogP contribution in [0.1, 0.15) is 5.56 Å². The molecule has 0 radical (unpaired) electrons. The highest BCUT2D eigenvalue weighted by Crippen LogP contribution is 2.19. The number of halogens is 1. The number of nitrogens with zero attached hydrogens (tertiary/aromatic N) is 5. The fourth-order valence-corrected chi connectivity index (χ4v) is 2.36. The number of hydrazone groups is 1. The van der Waals surface area contributed by atoms with Crippen LogP contribution in [0.5, 0.6) is 5.75 Å². The molecule has 8 nitrogen and oxygen atoms in total. The number of phenols is 1. The minimum atomic E-state index is -0.414. The summed E-state index contributed by atoms with van der Waals surface area (Å²) in [4.78, 5) is 13.1. The molecule has 0 aliphatic heterocycles. The summed E-state index contributed by atoms with van der Waals surface area (Å²) in [6.45, 7) is -0.123. The second-order valence-electron chi connectivity index (χ2n) is 5.01.